The maximum atomic E-state index is 11.3. The van der Waals surface area contributed by atoms with E-state index in [1.54, 1.807) is 0 Å². The molecule has 1 aliphatic rings. The summed E-state index contributed by atoms with van der Waals surface area (Å²) in [5, 5.41) is 20.2. The quantitative estimate of drug-likeness (QED) is 0.515. The summed E-state index contributed by atoms with van der Waals surface area (Å²) >= 11 is 0. The van der Waals surface area contributed by atoms with Crippen molar-refractivity contribution in [2.24, 2.45) is 0 Å². The molecule has 1 rings (SSSR count). The van der Waals surface area contributed by atoms with Crippen LogP contribution in [0.1, 0.15) is 32.1 Å². The van der Waals surface area contributed by atoms with Crippen molar-refractivity contribution >= 4 is 12.1 Å². The monoisotopic (exact) mass is 215 g/mol. The molecular formula is C10H17NO4. The van der Waals surface area contributed by atoms with Gasteiger partial charge in [-0.05, 0) is 19.3 Å². The van der Waals surface area contributed by atoms with Crippen LogP contribution in [0.2, 0.25) is 0 Å². The predicted octanol–water partition coefficient (Wildman–Crippen LogP) is 0.141. The molecule has 0 amide bonds. The Morgan fingerprint density at radius 3 is 2.93 bits per heavy atom. The lowest BCUT2D eigenvalue weighted by atomic mass is 9.89. The normalized spacial score (nSPS) is 28.8. The van der Waals surface area contributed by atoms with Crippen LogP contribution in [0.3, 0.4) is 0 Å². The molecule has 0 aromatic carbocycles. The summed E-state index contributed by atoms with van der Waals surface area (Å²) in [4.78, 5) is 21.4. The maximum absolute atomic E-state index is 11.3. The first-order valence-corrected chi connectivity index (χ1v) is 5.17. The highest BCUT2D eigenvalue weighted by atomic mass is 16.5. The number of Topliss-reactive ketones (excluding diaryl/α,β-unsaturated/α-hetero) is 1. The summed E-state index contributed by atoms with van der Waals surface area (Å²) in [5.41, 5.74) is -1.04. The maximum Gasteiger partial charge on any atom is 0.152 e. The van der Waals surface area contributed by atoms with Gasteiger partial charge in [0.1, 0.15) is 6.29 Å². The van der Waals surface area contributed by atoms with Crippen LogP contribution in [-0.2, 0) is 9.59 Å². The standard InChI is InChI=1S/C10H17NO4/c12-6-2-1-3-10(14)4-5-11(15)8-9(13)7-10/h6,14-15H,1-5,7-8H2. The Hall–Kier alpha value is -0.780. The lowest BCUT2D eigenvalue weighted by Gasteiger charge is -2.25. The highest BCUT2D eigenvalue weighted by molar-refractivity contribution is 5.81. The van der Waals surface area contributed by atoms with E-state index in [0.717, 1.165) is 11.3 Å². The molecule has 1 saturated heterocycles. The molecule has 2 N–H and O–H groups in total. The number of hydroxylamine groups is 2. The molecule has 0 saturated carbocycles. The number of carbonyl (C=O) groups is 2. The fraction of sp³-hybridized carbons (Fsp3) is 0.800. The van der Waals surface area contributed by atoms with Crippen LogP contribution in [0.25, 0.3) is 0 Å². The van der Waals surface area contributed by atoms with E-state index in [1.165, 1.54) is 0 Å². The molecule has 86 valence electrons. The zero-order valence-corrected chi connectivity index (χ0v) is 8.69. The number of unbranched alkanes of at least 4 members (excludes halogenated alkanes) is 1. The molecule has 1 atom stereocenters. The van der Waals surface area contributed by atoms with Crippen LogP contribution in [0.15, 0.2) is 0 Å². The molecule has 1 heterocycles. The van der Waals surface area contributed by atoms with E-state index in [9.17, 15) is 19.9 Å². The number of aldehydes is 1. The van der Waals surface area contributed by atoms with Gasteiger partial charge in [-0.2, -0.15) is 5.06 Å². The van der Waals surface area contributed by atoms with Gasteiger partial charge in [-0.1, -0.05) is 0 Å². The molecule has 0 aromatic heterocycles. The van der Waals surface area contributed by atoms with E-state index in [-0.39, 0.29) is 18.7 Å². The third-order valence-corrected chi connectivity index (χ3v) is 2.68. The number of aliphatic hydroxyl groups is 1. The molecule has 1 unspecified atom stereocenters. The zero-order chi connectivity index (χ0) is 11.3. The molecule has 5 heteroatoms. The topological polar surface area (TPSA) is 77.8 Å². The Kier molecular flexibility index (Phi) is 4.38. The third-order valence-electron chi connectivity index (χ3n) is 2.68. The highest BCUT2D eigenvalue weighted by Crippen LogP contribution is 2.25. The van der Waals surface area contributed by atoms with E-state index in [0.29, 0.717) is 32.2 Å². The summed E-state index contributed by atoms with van der Waals surface area (Å²) in [5.74, 6) is -0.163. The smallest absolute Gasteiger partial charge is 0.152 e. The van der Waals surface area contributed by atoms with Crippen LogP contribution >= 0.6 is 0 Å². The largest absolute Gasteiger partial charge is 0.389 e. The van der Waals surface area contributed by atoms with E-state index in [1.807, 2.05) is 0 Å². The van der Waals surface area contributed by atoms with Crippen molar-refractivity contribution in [3.8, 4) is 0 Å². The van der Waals surface area contributed by atoms with Crippen molar-refractivity contribution in [1.82, 2.24) is 5.06 Å². The molecule has 5 nitrogen and oxygen atoms in total. The number of hydrogen-bond acceptors (Lipinski definition) is 5. The van der Waals surface area contributed by atoms with E-state index >= 15 is 0 Å². The fourth-order valence-electron chi connectivity index (χ4n) is 1.86. The molecule has 0 bridgehead atoms. The SMILES string of the molecule is O=CCCCC1(O)CCN(O)CC(=O)C1. The van der Waals surface area contributed by atoms with Gasteiger partial charge in [0.25, 0.3) is 0 Å². The highest BCUT2D eigenvalue weighted by Gasteiger charge is 2.33. The van der Waals surface area contributed by atoms with Crippen molar-refractivity contribution < 1.29 is 19.9 Å². The average molecular weight is 215 g/mol. The van der Waals surface area contributed by atoms with Crippen molar-refractivity contribution in [1.29, 1.82) is 0 Å². The summed E-state index contributed by atoms with van der Waals surface area (Å²) < 4.78 is 0. The van der Waals surface area contributed by atoms with Crippen molar-refractivity contribution in [2.45, 2.75) is 37.7 Å². The van der Waals surface area contributed by atoms with E-state index in [4.69, 9.17) is 0 Å². The first-order valence-electron chi connectivity index (χ1n) is 5.17. The van der Waals surface area contributed by atoms with Gasteiger partial charge in [0.15, 0.2) is 5.78 Å². The van der Waals surface area contributed by atoms with Crippen molar-refractivity contribution in [3.63, 3.8) is 0 Å². The number of hydrogen-bond donors (Lipinski definition) is 2. The number of carbonyl (C=O) groups excluding carboxylic acids is 2. The molecule has 1 fully saturated rings. The first-order chi connectivity index (χ1) is 7.06. The molecule has 15 heavy (non-hydrogen) atoms. The zero-order valence-electron chi connectivity index (χ0n) is 8.69. The van der Waals surface area contributed by atoms with Gasteiger partial charge in [0.05, 0.1) is 12.1 Å². The van der Waals surface area contributed by atoms with Gasteiger partial charge in [-0.25, -0.2) is 0 Å². The Balaban J connectivity index is 2.50. The van der Waals surface area contributed by atoms with Gasteiger partial charge in [0, 0.05) is 19.4 Å². The average Bonchev–Trinajstić information content (AvgIpc) is 2.26. The van der Waals surface area contributed by atoms with Crippen LogP contribution in [0, 0.1) is 0 Å². The van der Waals surface area contributed by atoms with Gasteiger partial charge in [-0.3, -0.25) is 4.79 Å². The lowest BCUT2D eigenvalue weighted by Crippen LogP contribution is -2.31. The minimum atomic E-state index is -1.04. The second kappa shape index (κ2) is 5.34. The van der Waals surface area contributed by atoms with E-state index in [2.05, 4.69) is 0 Å². The van der Waals surface area contributed by atoms with Gasteiger partial charge in [0.2, 0.25) is 0 Å². The molecule has 0 spiro atoms. The van der Waals surface area contributed by atoms with Gasteiger partial charge >= 0.3 is 0 Å². The number of rotatable bonds is 4. The molecule has 0 radical (unpaired) electrons. The van der Waals surface area contributed by atoms with Gasteiger partial charge in [-0.15, -0.1) is 0 Å². The minimum Gasteiger partial charge on any atom is -0.389 e. The van der Waals surface area contributed by atoms with Crippen LogP contribution in [-0.4, -0.2) is 46.1 Å². The van der Waals surface area contributed by atoms with E-state index < -0.39 is 5.60 Å². The summed E-state index contributed by atoms with van der Waals surface area (Å²) in [7, 11) is 0. The molecule has 1 aliphatic heterocycles. The summed E-state index contributed by atoms with van der Waals surface area (Å²) in [6.45, 7) is 0.277. The molecule has 0 aliphatic carbocycles. The Bertz CT molecular complexity index is 244. The Morgan fingerprint density at radius 2 is 2.27 bits per heavy atom. The first kappa shape index (κ1) is 12.3. The predicted molar refractivity (Wildman–Crippen MR) is 52.5 cm³/mol. The van der Waals surface area contributed by atoms with Gasteiger partial charge < -0.3 is 15.1 Å². The second-order valence-electron chi connectivity index (χ2n) is 4.14. The van der Waals surface area contributed by atoms with Crippen LogP contribution in [0.5, 0.6) is 0 Å². The molecule has 0 aromatic rings. The van der Waals surface area contributed by atoms with Crippen LogP contribution in [0.4, 0.5) is 0 Å². The summed E-state index contributed by atoms with van der Waals surface area (Å²) in [6, 6.07) is 0. The molecular weight excluding hydrogens is 198 g/mol. The van der Waals surface area contributed by atoms with Crippen LogP contribution < -0.4 is 0 Å². The summed E-state index contributed by atoms with van der Waals surface area (Å²) in [6.07, 6.45) is 2.67. The number of ketones is 1. The Labute approximate surface area is 88.6 Å². The van der Waals surface area contributed by atoms with Crippen molar-refractivity contribution in [3.05, 3.63) is 0 Å². The fourth-order valence-corrected chi connectivity index (χ4v) is 1.86. The third kappa shape index (κ3) is 4.07. The lowest BCUT2D eigenvalue weighted by molar-refractivity contribution is -0.133. The minimum absolute atomic E-state index is 0.0179. The Morgan fingerprint density at radius 1 is 1.53 bits per heavy atom. The number of nitrogens with zero attached hydrogens (tertiary/aromatic N) is 1. The second-order valence-corrected chi connectivity index (χ2v) is 4.14. The van der Waals surface area contributed by atoms with Crippen molar-refractivity contribution in [2.75, 3.05) is 13.1 Å².